The van der Waals surface area contributed by atoms with Gasteiger partial charge in [-0.05, 0) is 25.1 Å². The number of nitrogens with one attached hydrogen (secondary N) is 1. The van der Waals surface area contributed by atoms with Crippen molar-refractivity contribution in [3.63, 3.8) is 0 Å². The highest BCUT2D eigenvalue weighted by Crippen LogP contribution is 2.24. The second-order valence-electron chi connectivity index (χ2n) is 4.96. The smallest absolute Gasteiger partial charge is 0.243 e. The quantitative estimate of drug-likeness (QED) is 0.875. The fraction of sp³-hybridized carbons (Fsp3) is 0.267. The van der Waals surface area contributed by atoms with Crippen LogP contribution < -0.4 is 5.32 Å². The van der Waals surface area contributed by atoms with Crippen LogP contribution in [0.25, 0.3) is 0 Å². The molecule has 1 N–H and O–H groups in total. The molecule has 0 radical (unpaired) electrons. The van der Waals surface area contributed by atoms with Gasteiger partial charge in [-0.15, -0.1) is 11.3 Å². The maximum absolute atomic E-state index is 12.1. The van der Waals surface area contributed by atoms with Crippen molar-refractivity contribution in [3.8, 4) is 0 Å². The first-order valence-corrected chi connectivity index (χ1v) is 8.38. The highest BCUT2D eigenvalue weighted by molar-refractivity contribution is 7.09. The van der Waals surface area contributed by atoms with Crippen molar-refractivity contribution in [2.24, 2.45) is 0 Å². The molecule has 5 nitrogen and oxygen atoms in total. The van der Waals surface area contributed by atoms with E-state index in [1.165, 1.54) is 16.2 Å². The summed E-state index contributed by atoms with van der Waals surface area (Å²) in [6.45, 7) is 1.83. The minimum atomic E-state index is -0.311. The summed E-state index contributed by atoms with van der Waals surface area (Å²) in [6.07, 6.45) is 0.181. The Morgan fingerprint density at radius 2 is 2.04 bits per heavy atom. The lowest BCUT2D eigenvalue weighted by Crippen LogP contribution is -2.35. The SMILES string of the molecule is Cc1nc(CC(=O)N(C)CC(=O)Nc2ccc(Cl)c(Cl)c2)cs1. The summed E-state index contributed by atoms with van der Waals surface area (Å²) in [7, 11) is 1.58. The molecule has 2 aromatic rings. The average molecular weight is 372 g/mol. The maximum atomic E-state index is 12.1. The number of benzene rings is 1. The van der Waals surface area contributed by atoms with Gasteiger partial charge < -0.3 is 10.2 Å². The topological polar surface area (TPSA) is 62.3 Å². The zero-order chi connectivity index (χ0) is 17.0. The van der Waals surface area contributed by atoms with E-state index in [4.69, 9.17) is 23.2 Å². The van der Waals surface area contributed by atoms with Crippen molar-refractivity contribution >= 4 is 52.0 Å². The van der Waals surface area contributed by atoms with Gasteiger partial charge in [-0.1, -0.05) is 23.2 Å². The number of aryl methyl sites for hydroxylation is 1. The Hall–Kier alpha value is -1.63. The first kappa shape index (κ1) is 17.7. The molecule has 0 bridgehead atoms. The molecule has 122 valence electrons. The van der Waals surface area contributed by atoms with E-state index in [1.807, 2.05) is 12.3 Å². The Morgan fingerprint density at radius 1 is 1.30 bits per heavy atom. The van der Waals surface area contributed by atoms with Crippen LogP contribution in [0.4, 0.5) is 5.69 Å². The molecule has 2 rings (SSSR count). The second kappa shape index (κ2) is 7.77. The van der Waals surface area contributed by atoms with Gasteiger partial charge in [-0.2, -0.15) is 0 Å². The van der Waals surface area contributed by atoms with Crippen molar-refractivity contribution in [3.05, 3.63) is 44.3 Å². The molecular formula is C15H15Cl2N3O2S. The number of nitrogens with zero attached hydrogens (tertiary/aromatic N) is 2. The number of carbonyl (C=O) groups is 2. The van der Waals surface area contributed by atoms with Crippen LogP contribution in [0.3, 0.4) is 0 Å². The third-order valence-electron chi connectivity index (χ3n) is 3.01. The van der Waals surface area contributed by atoms with Gasteiger partial charge in [0.25, 0.3) is 0 Å². The van der Waals surface area contributed by atoms with Gasteiger partial charge in [0.1, 0.15) is 0 Å². The van der Waals surface area contributed by atoms with Gasteiger partial charge in [0.05, 0.1) is 33.7 Å². The Balaban J connectivity index is 1.88. The van der Waals surface area contributed by atoms with Crippen molar-refractivity contribution in [2.75, 3.05) is 18.9 Å². The second-order valence-corrected chi connectivity index (χ2v) is 6.84. The predicted octanol–water partition coefficient (Wildman–Crippen LogP) is 3.40. The van der Waals surface area contributed by atoms with Crippen LogP contribution >= 0.6 is 34.5 Å². The number of halogens is 2. The molecule has 23 heavy (non-hydrogen) atoms. The van der Waals surface area contributed by atoms with E-state index in [2.05, 4.69) is 10.3 Å². The minimum absolute atomic E-state index is 0.0534. The molecule has 1 aromatic carbocycles. The van der Waals surface area contributed by atoms with Crippen molar-refractivity contribution in [2.45, 2.75) is 13.3 Å². The number of carbonyl (C=O) groups excluding carboxylic acids is 2. The molecular weight excluding hydrogens is 357 g/mol. The molecule has 0 spiro atoms. The molecule has 0 aliphatic carbocycles. The Labute approximate surface area is 148 Å². The van der Waals surface area contributed by atoms with Gasteiger partial charge >= 0.3 is 0 Å². The Morgan fingerprint density at radius 3 is 2.65 bits per heavy atom. The monoisotopic (exact) mass is 371 g/mol. The third kappa shape index (κ3) is 5.20. The van der Waals surface area contributed by atoms with Crippen LogP contribution in [0.2, 0.25) is 10.0 Å². The molecule has 0 aliphatic rings. The lowest BCUT2D eigenvalue weighted by atomic mass is 10.3. The largest absolute Gasteiger partial charge is 0.336 e. The van der Waals surface area contributed by atoms with Gasteiger partial charge in [-0.25, -0.2) is 4.98 Å². The number of thiazole rings is 1. The zero-order valence-electron chi connectivity index (χ0n) is 12.6. The summed E-state index contributed by atoms with van der Waals surface area (Å²) in [5.74, 6) is -0.478. The number of amides is 2. The van der Waals surface area contributed by atoms with E-state index in [9.17, 15) is 9.59 Å². The summed E-state index contributed by atoms with van der Waals surface area (Å²) in [5.41, 5.74) is 1.25. The number of rotatable bonds is 5. The van der Waals surface area contributed by atoms with Crippen LogP contribution in [0, 0.1) is 6.92 Å². The van der Waals surface area contributed by atoms with E-state index in [0.29, 0.717) is 21.4 Å². The highest BCUT2D eigenvalue weighted by atomic mass is 35.5. The van der Waals surface area contributed by atoms with E-state index >= 15 is 0 Å². The summed E-state index contributed by atoms with van der Waals surface area (Å²) < 4.78 is 0. The van der Waals surface area contributed by atoms with Gasteiger partial charge in [0, 0.05) is 18.1 Å². The lowest BCUT2D eigenvalue weighted by molar-refractivity contribution is -0.132. The number of likely N-dealkylation sites (N-methyl/N-ethyl adjacent to an activating group) is 1. The molecule has 8 heteroatoms. The van der Waals surface area contributed by atoms with Gasteiger partial charge in [0.2, 0.25) is 11.8 Å². The third-order valence-corrected chi connectivity index (χ3v) is 4.57. The van der Waals surface area contributed by atoms with E-state index in [-0.39, 0.29) is 24.8 Å². The van der Waals surface area contributed by atoms with E-state index < -0.39 is 0 Å². The number of aromatic nitrogens is 1. The summed E-state index contributed by atoms with van der Waals surface area (Å²) in [4.78, 5) is 29.7. The van der Waals surface area contributed by atoms with E-state index in [1.54, 1.807) is 25.2 Å². The summed E-state index contributed by atoms with van der Waals surface area (Å²) >= 11 is 13.2. The number of hydrogen-bond acceptors (Lipinski definition) is 4. The highest BCUT2D eigenvalue weighted by Gasteiger charge is 2.15. The van der Waals surface area contributed by atoms with Crippen LogP contribution in [-0.4, -0.2) is 35.3 Å². The molecule has 2 amide bonds. The lowest BCUT2D eigenvalue weighted by Gasteiger charge is -2.16. The molecule has 0 saturated carbocycles. The average Bonchev–Trinajstić information content (AvgIpc) is 2.88. The fourth-order valence-electron chi connectivity index (χ4n) is 1.86. The molecule has 1 heterocycles. The standard InChI is InChI=1S/C15H15Cl2N3O2S/c1-9-18-11(8-23-9)6-15(22)20(2)7-14(21)19-10-3-4-12(16)13(17)5-10/h3-5,8H,6-7H2,1-2H3,(H,19,21). The van der Waals surface area contributed by atoms with E-state index in [0.717, 1.165) is 5.01 Å². The normalized spacial score (nSPS) is 10.4. The molecule has 0 unspecified atom stereocenters. The first-order valence-electron chi connectivity index (χ1n) is 6.75. The minimum Gasteiger partial charge on any atom is -0.336 e. The van der Waals surface area contributed by atoms with Crippen molar-refractivity contribution in [1.82, 2.24) is 9.88 Å². The molecule has 0 fully saturated rings. The molecule has 0 saturated heterocycles. The molecule has 0 atom stereocenters. The van der Waals surface area contributed by atoms with Crippen LogP contribution in [0.1, 0.15) is 10.7 Å². The Bertz CT molecular complexity index is 733. The van der Waals surface area contributed by atoms with Gasteiger partial charge in [-0.3, -0.25) is 9.59 Å². The van der Waals surface area contributed by atoms with Crippen LogP contribution in [0.5, 0.6) is 0 Å². The summed E-state index contributed by atoms with van der Waals surface area (Å²) in [5, 5.41) is 6.20. The predicted molar refractivity (Wildman–Crippen MR) is 93.3 cm³/mol. The Kier molecular flexibility index (Phi) is 5.98. The first-order chi connectivity index (χ1) is 10.8. The van der Waals surface area contributed by atoms with Crippen LogP contribution in [0.15, 0.2) is 23.6 Å². The maximum Gasteiger partial charge on any atom is 0.243 e. The molecule has 1 aromatic heterocycles. The van der Waals surface area contributed by atoms with Crippen LogP contribution in [-0.2, 0) is 16.0 Å². The number of anilines is 1. The number of hydrogen-bond donors (Lipinski definition) is 1. The zero-order valence-corrected chi connectivity index (χ0v) is 14.9. The fourth-order valence-corrected chi connectivity index (χ4v) is 2.77. The van der Waals surface area contributed by atoms with Gasteiger partial charge in [0.15, 0.2) is 0 Å². The molecule has 0 aliphatic heterocycles. The van der Waals surface area contributed by atoms with Crippen molar-refractivity contribution in [1.29, 1.82) is 0 Å². The summed E-state index contributed by atoms with van der Waals surface area (Å²) in [6, 6.07) is 4.80. The van der Waals surface area contributed by atoms with Crippen molar-refractivity contribution < 1.29 is 9.59 Å².